The number of aromatic nitrogens is 2. The molecule has 1 heterocycles. The first-order valence-electron chi connectivity index (χ1n) is 5.58. The standard InChI is InChI=1S/C13H14N2O2/c1-2-10-17-13(16)11-4-6-12(7-5-11)15-9-3-8-14-15/h3-9H,2,10H2,1H3. The van der Waals surface area contributed by atoms with E-state index in [9.17, 15) is 4.79 Å². The average Bonchev–Trinajstić information content (AvgIpc) is 2.90. The molecule has 0 aliphatic carbocycles. The number of carbonyl (C=O) groups excluding carboxylic acids is 1. The first-order chi connectivity index (χ1) is 8.31. The largest absolute Gasteiger partial charge is 0.462 e. The van der Waals surface area contributed by atoms with Crippen LogP contribution in [-0.2, 0) is 4.74 Å². The van der Waals surface area contributed by atoms with Gasteiger partial charge in [-0.2, -0.15) is 5.10 Å². The lowest BCUT2D eigenvalue weighted by Crippen LogP contribution is -2.06. The number of esters is 1. The number of hydrogen-bond donors (Lipinski definition) is 0. The fourth-order valence-corrected chi connectivity index (χ4v) is 1.45. The predicted molar refractivity (Wildman–Crippen MR) is 64.1 cm³/mol. The van der Waals surface area contributed by atoms with Gasteiger partial charge in [-0.3, -0.25) is 0 Å². The molecule has 1 aromatic carbocycles. The highest BCUT2D eigenvalue weighted by molar-refractivity contribution is 5.89. The summed E-state index contributed by atoms with van der Waals surface area (Å²) in [5, 5.41) is 4.11. The minimum Gasteiger partial charge on any atom is -0.462 e. The molecule has 4 nitrogen and oxygen atoms in total. The Morgan fingerprint density at radius 3 is 2.71 bits per heavy atom. The molecule has 4 heteroatoms. The molecular formula is C13H14N2O2. The summed E-state index contributed by atoms with van der Waals surface area (Å²) in [5.74, 6) is -0.279. The second-order valence-electron chi connectivity index (χ2n) is 3.63. The molecule has 0 atom stereocenters. The smallest absolute Gasteiger partial charge is 0.338 e. The van der Waals surface area contributed by atoms with Crippen molar-refractivity contribution < 1.29 is 9.53 Å². The minimum atomic E-state index is -0.279. The highest BCUT2D eigenvalue weighted by atomic mass is 16.5. The van der Waals surface area contributed by atoms with Gasteiger partial charge in [-0.05, 0) is 36.8 Å². The molecule has 1 aromatic heterocycles. The van der Waals surface area contributed by atoms with E-state index >= 15 is 0 Å². The van der Waals surface area contributed by atoms with E-state index in [0.717, 1.165) is 12.1 Å². The topological polar surface area (TPSA) is 44.1 Å². The summed E-state index contributed by atoms with van der Waals surface area (Å²) in [6.07, 6.45) is 4.39. The molecule has 0 aliphatic rings. The third kappa shape index (κ3) is 2.72. The van der Waals surface area contributed by atoms with Crippen molar-refractivity contribution in [3.05, 3.63) is 48.3 Å². The van der Waals surface area contributed by atoms with Crippen LogP contribution in [0.4, 0.5) is 0 Å². The number of benzene rings is 1. The van der Waals surface area contributed by atoms with Crippen LogP contribution >= 0.6 is 0 Å². The summed E-state index contributed by atoms with van der Waals surface area (Å²) in [7, 11) is 0. The van der Waals surface area contributed by atoms with Gasteiger partial charge in [-0.15, -0.1) is 0 Å². The first kappa shape index (κ1) is 11.4. The molecule has 0 fully saturated rings. The Kier molecular flexibility index (Phi) is 3.55. The van der Waals surface area contributed by atoms with Crippen molar-refractivity contribution in [2.24, 2.45) is 0 Å². The summed E-state index contributed by atoms with van der Waals surface area (Å²) in [6.45, 7) is 2.42. The van der Waals surface area contributed by atoms with Crippen LogP contribution in [0.1, 0.15) is 23.7 Å². The van der Waals surface area contributed by atoms with Gasteiger partial charge in [0.2, 0.25) is 0 Å². The van der Waals surface area contributed by atoms with Gasteiger partial charge in [0.25, 0.3) is 0 Å². The van der Waals surface area contributed by atoms with E-state index in [1.807, 2.05) is 31.3 Å². The zero-order valence-electron chi connectivity index (χ0n) is 9.67. The van der Waals surface area contributed by atoms with Crippen molar-refractivity contribution in [3.63, 3.8) is 0 Å². The van der Waals surface area contributed by atoms with Crippen LogP contribution in [0.2, 0.25) is 0 Å². The van der Waals surface area contributed by atoms with E-state index in [0.29, 0.717) is 12.2 Å². The molecular weight excluding hydrogens is 216 g/mol. The van der Waals surface area contributed by atoms with E-state index in [2.05, 4.69) is 5.10 Å². The number of rotatable bonds is 4. The second kappa shape index (κ2) is 5.30. The fraction of sp³-hybridized carbons (Fsp3) is 0.231. The molecule has 0 amide bonds. The molecule has 2 rings (SSSR count). The number of nitrogens with zero attached hydrogens (tertiary/aromatic N) is 2. The molecule has 0 bridgehead atoms. The molecule has 0 saturated carbocycles. The van der Waals surface area contributed by atoms with E-state index in [-0.39, 0.29) is 5.97 Å². The molecule has 0 radical (unpaired) electrons. The van der Waals surface area contributed by atoms with Crippen LogP contribution in [0.5, 0.6) is 0 Å². The number of ether oxygens (including phenoxy) is 1. The molecule has 0 N–H and O–H groups in total. The van der Waals surface area contributed by atoms with Crippen molar-refractivity contribution in [2.75, 3.05) is 6.61 Å². The first-order valence-corrected chi connectivity index (χ1v) is 5.58. The fourth-order valence-electron chi connectivity index (χ4n) is 1.45. The summed E-state index contributed by atoms with van der Waals surface area (Å²) >= 11 is 0. The highest BCUT2D eigenvalue weighted by Crippen LogP contribution is 2.09. The van der Waals surface area contributed by atoms with Gasteiger partial charge >= 0.3 is 5.97 Å². The minimum absolute atomic E-state index is 0.279. The SMILES string of the molecule is CCCOC(=O)c1ccc(-n2cccn2)cc1. The average molecular weight is 230 g/mol. The molecule has 0 spiro atoms. The van der Waals surface area contributed by atoms with Crippen molar-refractivity contribution >= 4 is 5.97 Å². The summed E-state index contributed by atoms with van der Waals surface area (Å²) < 4.78 is 6.78. The molecule has 88 valence electrons. The van der Waals surface area contributed by atoms with Crippen LogP contribution in [-0.4, -0.2) is 22.4 Å². The molecule has 2 aromatic rings. The summed E-state index contributed by atoms with van der Waals surface area (Å²) in [5.41, 5.74) is 1.48. The van der Waals surface area contributed by atoms with Gasteiger partial charge in [0.1, 0.15) is 0 Å². The third-order valence-corrected chi connectivity index (χ3v) is 2.31. The maximum atomic E-state index is 11.6. The van der Waals surface area contributed by atoms with Gasteiger partial charge in [0.15, 0.2) is 0 Å². The summed E-state index contributed by atoms with van der Waals surface area (Å²) in [6, 6.07) is 9.03. The predicted octanol–water partition coefficient (Wildman–Crippen LogP) is 2.44. The molecule has 0 saturated heterocycles. The van der Waals surface area contributed by atoms with Crippen LogP contribution in [0.15, 0.2) is 42.7 Å². The lowest BCUT2D eigenvalue weighted by atomic mass is 10.2. The lowest BCUT2D eigenvalue weighted by Gasteiger charge is -2.04. The Balaban J connectivity index is 2.10. The van der Waals surface area contributed by atoms with E-state index < -0.39 is 0 Å². The zero-order chi connectivity index (χ0) is 12.1. The maximum absolute atomic E-state index is 11.6. The maximum Gasteiger partial charge on any atom is 0.338 e. The Morgan fingerprint density at radius 2 is 2.12 bits per heavy atom. The lowest BCUT2D eigenvalue weighted by molar-refractivity contribution is 0.0505. The molecule has 0 unspecified atom stereocenters. The van der Waals surface area contributed by atoms with Crippen molar-refractivity contribution in [3.8, 4) is 5.69 Å². The van der Waals surface area contributed by atoms with Crippen LogP contribution in [0.3, 0.4) is 0 Å². The van der Waals surface area contributed by atoms with Crippen LogP contribution in [0, 0.1) is 0 Å². The van der Waals surface area contributed by atoms with Crippen LogP contribution < -0.4 is 0 Å². The molecule has 0 aliphatic heterocycles. The Hall–Kier alpha value is -2.10. The van der Waals surface area contributed by atoms with E-state index in [1.54, 1.807) is 23.0 Å². The second-order valence-corrected chi connectivity index (χ2v) is 3.63. The van der Waals surface area contributed by atoms with Crippen molar-refractivity contribution in [1.29, 1.82) is 0 Å². The van der Waals surface area contributed by atoms with Crippen molar-refractivity contribution in [1.82, 2.24) is 9.78 Å². The van der Waals surface area contributed by atoms with Gasteiger partial charge in [0, 0.05) is 12.4 Å². The quantitative estimate of drug-likeness (QED) is 0.758. The Morgan fingerprint density at radius 1 is 1.35 bits per heavy atom. The number of carbonyl (C=O) groups is 1. The zero-order valence-corrected chi connectivity index (χ0v) is 9.67. The highest BCUT2D eigenvalue weighted by Gasteiger charge is 2.06. The normalized spacial score (nSPS) is 10.2. The van der Waals surface area contributed by atoms with Gasteiger partial charge in [-0.25, -0.2) is 9.48 Å². The van der Waals surface area contributed by atoms with Crippen molar-refractivity contribution in [2.45, 2.75) is 13.3 Å². The van der Waals surface area contributed by atoms with Crippen LogP contribution in [0.25, 0.3) is 5.69 Å². The van der Waals surface area contributed by atoms with Gasteiger partial charge in [-0.1, -0.05) is 6.92 Å². The third-order valence-electron chi connectivity index (χ3n) is 2.31. The molecule has 17 heavy (non-hydrogen) atoms. The van der Waals surface area contributed by atoms with E-state index in [1.165, 1.54) is 0 Å². The summed E-state index contributed by atoms with van der Waals surface area (Å²) in [4.78, 5) is 11.6. The monoisotopic (exact) mass is 230 g/mol. The van der Waals surface area contributed by atoms with Gasteiger partial charge < -0.3 is 4.74 Å². The Bertz CT molecular complexity index is 475. The number of hydrogen-bond acceptors (Lipinski definition) is 3. The Labute approximate surface area is 99.8 Å². The van der Waals surface area contributed by atoms with Gasteiger partial charge in [0.05, 0.1) is 17.9 Å². The van der Waals surface area contributed by atoms with E-state index in [4.69, 9.17) is 4.74 Å².